The van der Waals surface area contributed by atoms with Crippen LogP contribution >= 0.6 is 0 Å². The second kappa shape index (κ2) is 6.28. The lowest BCUT2D eigenvalue weighted by Gasteiger charge is -2.36. The third-order valence-electron chi connectivity index (χ3n) is 5.20. The molecule has 7 heteroatoms. The molecule has 0 atom stereocenters. The van der Waals surface area contributed by atoms with Gasteiger partial charge in [0, 0.05) is 44.9 Å². The number of benzene rings is 1. The number of likely N-dealkylation sites (tertiary alicyclic amines) is 1. The van der Waals surface area contributed by atoms with Crippen molar-refractivity contribution in [3.05, 3.63) is 24.3 Å². The van der Waals surface area contributed by atoms with Gasteiger partial charge in [0.15, 0.2) is 5.58 Å². The van der Waals surface area contributed by atoms with E-state index in [9.17, 15) is 13.6 Å². The molecule has 0 unspecified atom stereocenters. The number of oxazole rings is 1. The van der Waals surface area contributed by atoms with Gasteiger partial charge in [-0.15, -0.1) is 0 Å². The highest BCUT2D eigenvalue weighted by Gasteiger charge is 2.38. The fourth-order valence-electron chi connectivity index (χ4n) is 3.63. The molecule has 0 bridgehead atoms. The molecule has 0 aliphatic carbocycles. The third-order valence-corrected chi connectivity index (χ3v) is 5.20. The maximum absolute atomic E-state index is 13.2. The number of para-hydroxylation sites is 2. The van der Waals surface area contributed by atoms with Crippen LogP contribution in [0.5, 0.6) is 0 Å². The zero-order valence-corrected chi connectivity index (χ0v) is 14.0. The van der Waals surface area contributed by atoms with E-state index in [-0.39, 0.29) is 37.8 Å². The van der Waals surface area contributed by atoms with Gasteiger partial charge in [0.05, 0.1) is 0 Å². The molecule has 2 aromatic rings. The Morgan fingerprint density at radius 2 is 1.80 bits per heavy atom. The van der Waals surface area contributed by atoms with Crippen molar-refractivity contribution in [1.82, 2.24) is 9.88 Å². The van der Waals surface area contributed by atoms with Crippen LogP contribution in [0.15, 0.2) is 28.7 Å². The minimum absolute atomic E-state index is 0.0210. The quantitative estimate of drug-likeness (QED) is 0.835. The smallest absolute Gasteiger partial charge is 0.298 e. The Morgan fingerprint density at radius 3 is 2.48 bits per heavy atom. The number of hydrogen-bond acceptors (Lipinski definition) is 4. The molecule has 134 valence electrons. The first kappa shape index (κ1) is 16.3. The Kier molecular flexibility index (Phi) is 4.09. The van der Waals surface area contributed by atoms with Gasteiger partial charge in [0.25, 0.3) is 11.9 Å². The zero-order valence-electron chi connectivity index (χ0n) is 14.0. The van der Waals surface area contributed by atoms with Gasteiger partial charge >= 0.3 is 0 Å². The topological polar surface area (TPSA) is 49.6 Å². The van der Waals surface area contributed by atoms with Crippen LogP contribution in [0, 0.1) is 5.92 Å². The number of hydrogen-bond donors (Lipinski definition) is 0. The van der Waals surface area contributed by atoms with E-state index < -0.39 is 5.92 Å². The number of piperidine rings is 2. The zero-order chi connectivity index (χ0) is 17.4. The monoisotopic (exact) mass is 349 g/mol. The highest BCUT2D eigenvalue weighted by Crippen LogP contribution is 2.31. The van der Waals surface area contributed by atoms with E-state index in [0.29, 0.717) is 31.9 Å². The largest absolute Gasteiger partial charge is 0.423 e. The van der Waals surface area contributed by atoms with Crippen LogP contribution in [0.3, 0.4) is 0 Å². The standard InChI is InChI=1S/C18H21F2N3O2/c19-18(20)7-11-22(12-8-18)16(24)13-5-9-23(10-6-13)17-21-14-3-1-2-4-15(14)25-17/h1-4,13H,5-12H2. The van der Waals surface area contributed by atoms with Crippen LogP contribution in [0.1, 0.15) is 25.7 Å². The fraction of sp³-hybridized carbons (Fsp3) is 0.556. The number of fused-ring (bicyclic) bond motifs is 1. The minimum atomic E-state index is -2.62. The van der Waals surface area contributed by atoms with Gasteiger partial charge < -0.3 is 14.2 Å². The number of alkyl halides is 2. The Bertz CT molecular complexity index is 726. The van der Waals surface area contributed by atoms with Crippen molar-refractivity contribution in [3.8, 4) is 0 Å². The number of aromatic nitrogens is 1. The van der Waals surface area contributed by atoms with Gasteiger partial charge in [0.1, 0.15) is 5.52 Å². The van der Waals surface area contributed by atoms with Crippen LogP contribution in [-0.4, -0.2) is 47.9 Å². The lowest BCUT2D eigenvalue weighted by Crippen LogP contribution is -2.47. The lowest BCUT2D eigenvalue weighted by atomic mass is 9.94. The number of nitrogens with zero attached hydrogens (tertiary/aromatic N) is 3. The lowest BCUT2D eigenvalue weighted by molar-refractivity contribution is -0.142. The third kappa shape index (κ3) is 3.32. The number of carbonyl (C=O) groups is 1. The van der Waals surface area contributed by atoms with Gasteiger partial charge in [0.2, 0.25) is 5.91 Å². The van der Waals surface area contributed by atoms with Gasteiger partial charge in [-0.2, -0.15) is 4.98 Å². The molecule has 0 N–H and O–H groups in total. The van der Waals surface area contributed by atoms with Gasteiger partial charge in [-0.3, -0.25) is 4.79 Å². The van der Waals surface area contributed by atoms with Crippen LogP contribution in [0.2, 0.25) is 0 Å². The number of carbonyl (C=O) groups excluding carboxylic acids is 1. The molecule has 1 aromatic heterocycles. The second-order valence-corrected chi connectivity index (χ2v) is 6.91. The van der Waals surface area contributed by atoms with Gasteiger partial charge in [-0.25, -0.2) is 8.78 Å². The highest BCUT2D eigenvalue weighted by molar-refractivity contribution is 5.79. The fourth-order valence-corrected chi connectivity index (χ4v) is 3.63. The molecule has 0 spiro atoms. The molecule has 1 aromatic carbocycles. The first-order chi connectivity index (χ1) is 12.0. The van der Waals surface area contributed by atoms with E-state index in [2.05, 4.69) is 4.98 Å². The van der Waals surface area contributed by atoms with Crippen molar-refractivity contribution < 1.29 is 18.0 Å². The molecule has 4 rings (SSSR count). The molecule has 5 nitrogen and oxygen atoms in total. The van der Waals surface area contributed by atoms with Crippen molar-refractivity contribution in [2.24, 2.45) is 5.92 Å². The SMILES string of the molecule is O=C(C1CCN(c2nc3ccccc3o2)CC1)N1CCC(F)(F)CC1. The molecule has 3 heterocycles. The van der Waals surface area contributed by atoms with Crippen molar-refractivity contribution >= 4 is 23.0 Å². The van der Waals surface area contributed by atoms with Crippen LogP contribution < -0.4 is 4.90 Å². The Balaban J connectivity index is 1.35. The van der Waals surface area contributed by atoms with E-state index in [0.717, 1.165) is 11.1 Å². The highest BCUT2D eigenvalue weighted by atomic mass is 19.3. The second-order valence-electron chi connectivity index (χ2n) is 6.91. The van der Waals surface area contributed by atoms with Crippen molar-refractivity contribution in [2.75, 3.05) is 31.1 Å². The summed E-state index contributed by atoms with van der Waals surface area (Å²) in [6.07, 6.45) is 0.954. The molecular formula is C18H21F2N3O2. The summed E-state index contributed by atoms with van der Waals surface area (Å²) in [6.45, 7) is 1.70. The Morgan fingerprint density at radius 1 is 1.12 bits per heavy atom. The van der Waals surface area contributed by atoms with E-state index in [1.807, 2.05) is 29.2 Å². The molecule has 25 heavy (non-hydrogen) atoms. The van der Waals surface area contributed by atoms with Crippen LogP contribution in [-0.2, 0) is 4.79 Å². The average Bonchev–Trinajstić information content (AvgIpc) is 3.05. The molecule has 2 fully saturated rings. The van der Waals surface area contributed by atoms with Crippen LogP contribution in [0.4, 0.5) is 14.8 Å². The number of halogens is 2. The van der Waals surface area contributed by atoms with E-state index in [1.165, 1.54) is 0 Å². The normalized spacial score (nSPS) is 21.7. The summed E-state index contributed by atoms with van der Waals surface area (Å²) in [5.41, 5.74) is 1.58. The van der Waals surface area contributed by atoms with Gasteiger partial charge in [-0.1, -0.05) is 12.1 Å². The molecule has 2 aliphatic rings. The number of anilines is 1. The van der Waals surface area contributed by atoms with Crippen molar-refractivity contribution in [2.45, 2.75) is 31.6 Å². The average molecular weight is 349 g/mol. The van der Waals surface area contributed by atoms with E-state index >= 15 is 0 Å². The first-order valence-corrected chi connectivity index (χ1v) is 8.79. The summed E-state index contributed by atoms with van der Waals surface area (Å²) in [5.74, 6) is -2.69. The predicted molar refractivity (Wildman–Crippen MR) is 89.7 cm³/mol. The summed E-state index contributed by atoms with van der Waals surface area (Å²) in [7, 11) is 0. The van der Waals surface area contributed by atoms with E-state index in [4.69, 9.17) is 4.42 Å². The first-order valence-electron chi connectivity index (χ1n) is 8.79. The maximum atomic E-state index is 13.2. The summed E-state index contributed by atoms with van der Waals surface area (Å²) in [6, 6.07) is 8.20. The minimum Gasteiger partial charge on any atom is -0.423 e. The summed E-state index contributed by atoms with van der Waals surface area (Å²) in [5, 5.41) is 0. The predicted octanol–water partition coefficient (Wildman–Crippen LogP) is 3.30. The summed E-state index contributed by atoms with van der Waals surface area (Å²) >= 11 is 0. The maximum Gasteiger partial charge on any atom is 0.298 e. The van der Waals surface area contributed by atoms with Crippen molar-refractivity contribution in [3.63, 3.8) is 0 Å². The van der Waals surface area contributed by atoms with E-state index in [1.54, 1.807) is 4.90 Å². The molecule has 0 saturated carbocycles. The molecule has 1 amide bonds. The Hall–Kier alpha value is -2.18. The molecular weight excluding hydrogens is 328 g/mol. The Labute approximate surface area is 144 Å². The van der Waals surface area contributed by atoms with Gasteiger partial charge in [-0.05, 0) is 25.0 Å². The summed E-state index contributed by atoms with van der Waals surface area (Å²) < 4.78 is 32.3. The number of rotatable bonds is 2. The summed E-state index contributed by atoms with van der Waals surface area (Å²) in [4.78, 5) is 20.7. The van der Waals surface area contributed by atoms with Crippen molar-refractivity contribution in [1.29, 1.82) is 0 Å². The number of amides is 1. The molecule has 2 aliphatic heterocycles. The molecule has 2 saturated heterocycles. The van der Waals surface area contributed by atoms with Crippen LogP contribution in [0.25, 0.3) is 11.1 Å². The molecule has 0 radical (unpaired) electrons.